The van der Waals surface area contributed by atoms with Gasteiger partial charge in [0.25, 0.3) is 0 Å². The number of nitrogens with two attached hydrogens (primary N) is 1. The molecule has 0 unspecified atom stereocenters. The van der Waals surface area contributed by atoms with E-state index in [1.165, 1.54) is 9.13 Å². The zero-order valence-electron chi connectivity index (χ0n) is 6.85. The molecule has 1 atom stereocenters. The topological polar surface area (TPSA) is 26.0 Å². The molecule has 0 aromatic heterocycles. The molecule has 1 aromatic rings. The second-order valence-electron chi connectivity index (χ2n) is 2.92. The van der Waals surface area contributed by atoms with Crippen molar-refractivity contribution in [3.8, 4) is 0 Å². The molecule has 0 fully saturated rings. The third kappa shape index (κ3) is 3.03. The summed E-state index contributed by atoms with van der Waals surface area (Å²) in [5, 5.41) is 0. The van der Waals surface area contributed by atoms with Crippen molar-refractivity contribution >= 4 is 38.5 Å². The number of rotatable bonds is 2. The Morgan fingerprint density at radius 2 is 2.25 bits per heavy atom. The van der Waals surface area contributed by atoms with Crippen LogP contribution in [0.3, 0.4) is 0 Å². The second kappa shape index (κ2) is 4.58. The largest absolute Gasteiger partial charge is 0.328 e. The van der Waals surface area contributed by atoms with Crippen LogP contribution in [0.15, 0.2) is 22.7 Å². The first-order chi connectivity index (χ1) is 5.59. The van der Waals surface area contributed by atoms with Gasteiger partial charge in [0.1, 0.15) is 0 Å². The number of halogens is 2. The Morgan fingerprint density at radius 3 is 2.83 bits per heavy atom. The van der Waals surface area contributed by atoms with E-state index in [-0.39, 0.29) is 6.04 Å². The highest BCUT2D eigenvalue weighted by atomic mass is 127. The highest BCUT2D eigenvalue weighted by Gasteiger charge is 2.02. The van der Waals surface area contributed by atoms with Gasteiger partial charge < -0.3 is 5.73 Å². The van der Waals surface area contributed by atoms with Crippen LogP contribution in [0.5, 0.6) is 0 Å². The van der Waals surface area contributed by atoms with Crippen molar-refractivity contribution in [2.45, 2.75) is 19.4 Å². The molecule has 12 heavy (non-hydrogen) atoms. The van der Waals surface area contributed by atoms with Gasteiger partial charge in [-0.1, -0.05) is 15.9 Å². The van der Waals surface area contributed by atoms with Crippen LogP contribution >= 0.6 is 38.5 Å². The molecule has 2 N–H and O–H groups in total. The van der Waals surface area contributed by atoms with E-state index in [9.17, 15) is 0 Å². The molecular formula is C9H11BrIN. The van der Waals surface area contributed by atoms with Gasteiger partial charge in [0, 0.05) is 14.1 Å². The molecular weight excluding hydrogens is 329 g/mol. The summed E-state index contributed by atoms with van der Waals surface area (Å²) in [7, 11) is 0. The van der Waals surface area contributed by atoms with E-state index >= 15 is 0 Å². The fourth-order valence-electron chi connectivity index (χ4n) is 1.05. The Balaban J connectivity index is 2.90. The lowest BCUT2D eigenvalue weighted by atomic mass is 10.1. The lowest BCUT2D eigenvalue weighted by Crippen LogP contribution is -2.18. The zero-order chi connectivity index (χ0) is 9.14. The lowest BCUT2D eigenvalue weighted by molar-refractivity contribution is 0.735. The van der Waals surface area contributed by atoms with Crippen LogP contribution in [-0.2, 0) is 6.42 Å². The van der Waals surface area contributed by atoms with Gasteiger partial charge in [-0.2, -0.15) is 0 Å². The van der Waals surface area contributed by atoms with Crippen molar-refractivity contribution in [3.63, 3.8) is 0 Å². The highest BCUT2D eigenvalue weighted by Crippen LogP contribution is 2.19. The van der Waals surface area contributed by atoms with Crippen LogP contribution in [0, 0.1) is 3.57 Å². The van der Waals surface area contributed by atoms with Gasteiger partial charge in [-0.15, -0.1) is 0 Å². The molecule has 66 valence electrons. The van der Waals surface area contributed by atoms with E-state index in [2.05, 4.69) is 50.7 Å². The molecule has 0 saturated heterocycles. The normalized spacial score (nSPS) is 13.0. The van der Waals surface area contributed by atoms with Crippen molar-refractivity contribution in [1.82, 2.24) is 0 Å². The summed E-state index contributed by atoms with van der Waals surface area (Å²) in [6, 6.07) is 6.51. The maximum absolute atomic E-state index is 5.72. The minimum atomic E-state index is 0.229. The fourth-order valence-corrected chi connectivity index (χ4v) is 2.01. The minimum Gasteiger partial charge on any atom is -0.328 e. The summed E-state index contributed by atoms with van der Waals surface area (Å²) < 4.78 is 2.41. The third-order valence-electron chi connectivity index (χ3n) is 1.55. The highest BCUT2D eigenvalue weighted by molar-refractivity contribution is 14.1. The average Bonchev–Trinajstić information content (AvgIpc) is 1.96. The first-order valence-electron chi connectivity index (χ1n) is 3.79. The van der Waals surface area contributed by atoms with Crippen LogP contribution < -0.4 is 5.73 Å². The Labute approximate surface area is 95.0 Å². The quantitative estimate of drug-likeness (QED) is 0.824. The van der Waals surface area contributed by atoms with E-state index in [1.54, 1.807) is 0 Å². The maximum atomic E-state index is 5.72. The van der Waals surface area contributed by atoms with E-state index in [4.69, 9.17) is 5.73 Å². The maximum Gasteiger partial charge on any atom is 0.0178 e. The third-order valence-corrected chi connectivity index (χ3v) is 3.10. The van der Waals surface area contributed by atoms with Crippen LogP contribution in [0.4, 0.5) is 0 Å². The second-order valence-corrected chi connectivity index (χ2v) is 5.00. The molecule has 0 radical (unpaired) electrons. The summed E-state index contributed by atoms with van der Waals surface area (Å²) >= 11 is 5.78. The molecule has 3 heteroatoms. The first-order valence-corrected chi connectivity index (χ1v) is 5.66. The van der Waals surface area contributed by atoms with E-state index in [1.807, 2.05) is 13.0 Å². The van der Waals surface area contributed by atoms with Crippen LogP contribution in [0.2, 0.25) is 0 Å². The summed E-state index contributed by atoms with van der Waals surface area (Å²) in [4.78, 5) is 0. The van der Waals surface area contributed by atoms with Gasteiger partial charge in [-0.3, -0.25) is 0 Å². The SMILES string of the molecule is C[C@@H](N)Cc1cc(Br)ccc1I. The molecule has 0 aliphatic heterocycles. The Morgan fingerprint density at radius 1 is 1.58 bits per heavy atom. The van der Waals surface area contributed by atoms with Crippen LogP contribution in [0.25, 0.3) is 0 Å². The summed E-state index contributed by atoms with van der Waals surface area (Å²) in [5.41, 5.74) is 7.04. The smallest absolute Gasteiger partial charge is 0.0178 e. The molecule has 0 saturated carbocycles. The molecule has 0 aliphatic carbocycles. The van der Waals surface area contributed by atoms with Gasteiger partial charge in [-0.25, -0.2) is 0 Å². The number of hydrogen-bond donors (Lipinski definition) is 1. The number of benzene rings is 1. The number of hydrogen-bond acceptors (Lipinski definition) is 1. The molecule has 0 spiro atoms. The van der Waals surface area contributed by atoms with Crippen LogP contribution in [0.1, 0.15) is 12.5 Å². The van der Waals surface area contributed by atoms with E-state index in [0.717, 1.165) is 10.9 Å². The lowest BCUT2D eigenvalue weighted by Gasteiger charge is -2.07. The first kappa shape index (κ1) is 10.5. The van der Waals surface area contributed by atoms with Crippen LogP contribution in [-0.4, -0.2) is 6.04 Å². The van der Waals surface area contributed by atoms with Crippen molar-refractivity contribution in [2.75, 3.05) is 0 Å². The summed E-state index contributed by atoms with van der Waals surface area (Å²) in [6.45, 7) is 2.02. The van der Waals surface area contributed by atoms with Gasteiger partial charge in [-0.05, 0) is 59.7 Å². The Bertz CT molecular complexity index is 273. The molecule has 0 aliphatic rings. The molecule has 1 aromatic carbocycles. The van der Waals surface area contributed by atoms with E-state index < -0.39 is 0 Å². The summed E-state index contributed by atoms with van der Waals surface area (Å²) in [6.07, 6.45) is 0.942. The van der Waals surface area contributed by atoms with Gasteiger partial charge in [0.15, 0.2) is 0 Å². The Kier molecular flexibility index (Phi) is 3.99. The van der Waals surface area contributed by atoms with Crippen molar-refractivity contribution in [3.05, 3.63) is 31.8 Å². The van der Waals surface area contributed by atoms with Gasteiger partial charge >= 0.3 is 0 Å². The molecule has 0 amide bonds. The van der Waals surface area contributed by atoms with Crippen molar-refractivity contribution in [2.24, 2.45) is 5.73 Å². The van der Waals surface area contributed by atoms with Crippen molar-refractivity contribution in [1.29, 1.82) is 0 Å². The molecule has 0 bridgehead atoms. The molecule has 1 nitrogen and oxygen atoms in total. The minimum absolute atomic E-state index is 0.229. The standard InChI is InChI=1S/C9H11BrIN/c1-6(12)4-7-5-8(10)2-3-9(7)11/h2-3,5-6H,4,12H2,1H3/t6-/m1/s1. The average molecular weight is 340 g/mol. The molecule has 0 heterocycles. The fraction of sp³-hybridized carbons (Fsp3) is 0.333. The van der Waals surface area contributed by atoms with Crippen molar-refractivity contribution < 1.29 is 0 Å². The van der Waals surface area contributed by atoms with E-state index in [0.29, 0.717) is 0 Å². The summed E-state index contributed by atoms with van der Waals surface area (Å²) in [5.74, 6) is 0. The van der Waals surface area contributed by atoms with Gasteiger partial charge in [0.05, 0.1) is 0 Å². The zero-order valence-corrected chi connectivity index (χ0v) is 10.6. The van der Waals surface area contributed by atoms with Gasteiger partial charge in [0.2, 0.25) is 0 Å². The predicted octanol–water partition coefficient (Wildman–Crippen LogP) is 2.94. The monoisotopic (exact) mass is 339 g/mol. The molecule has 1 rings (SSSR count). The Hall–Kier alpha value is 0.390. The predicted molar refractivity (Wildman–Crippen MR) is 64.2 cm³/mol.